The minimum atomic E-state index is 0.398. The number of piperidine rings is 1. The lowest BCUT2D eigenvalue weighted by atomic mass is 10.1. The molecule has 1 aromatic carbocycles. The summed E-state index contributed by atoms with van der Waals surface area (Å²) in [4.78, 5) is 2.62. The molecule has 1 saturated heterocycles. The van der Waals surface area contributed by atoms with E-state index in [1.54, 1.807) is 0 Å². The summed E-state index contributed by atoms with van der Waals surface area (Å²) in [6.07, 6.45) is 4.18. The van der Waals surface area contributed by atoms with Crippen LogP contribution in [0.3, 0.4) is 0 Å². The lowest BCUT2D eigenvalue weighted by Crippen LogP contribution is -2.37. The van der Waals surface area contributed by atoms with E-state index in [4.69, 9.17) is 0 Å². The summed E-state index contributed by atoms with van der Waals surface area (Å²) in [5, 5.41) is 3.67. The number of likely N-dealkylation sites (tertiary alicyclic amines) is 1. The highest BCUT2D eigenvalue weighted by Crippen LogP contribution is 2.22. The standard InChI is InChI=1S/C17H27BrN2/c1-14(13-20-10-6-3-7-11-20)12-19-15(2)16-8-4-5-9-17(16)18/h4-5,8-9,14-15,19H,3,6-7,10-13H2,1-2H3. The van der Waals surface area contributed by atoms with Gasteiger partial charge < -0.3 is 10.2 Å². The lowest BCUT2D eigenvalue weighted by molar-refractivity contribution is 0.197. The van der Waals surface area contributed by atoms with E-state index < -0.39 is 0 Å². The van der Waals surface area contributed by atoms with Crippen LogP contribution in [0.2, 0.25) is 0 Å². The second-order valence-electron chi connectivity index (χ2n) is 6.12. The van der Waals surface area contributed by atoms with Crippen LogP contribution in [0.1, 0.15) is 44.7 Å². The summed E-state index contributed by atoms with van der Waals surface area (Å²) < 4.78 is 1.20. The van der Waals surface area contributed by atoms with Crippen molar-refractivity contribution in [3.8, 4) is 0 Å². The van der Waals surface area contributed by atoms with Gasteiger partial charge in [0.1, 0.15) is 0 Å². The van der Waals surface area contributed by atoms with E-state index >= 15 is 0 Å². The van der Waals surface area contributed by atoms with Crippen LogP contribution in [-0.2, 0) is 0 Å². The Kier molecular flexibility index (Phi) is 6.53. The summed E-state index contributed by atoms with van der Waals surface area (Å²) in [6, 6.07) is 8.88. The van der Waals surface area contributed by atoms with Crippen molar-refractivity contribution in [1.29, 1.82) is 0 Å². The number of hydrogen-bond acceptors (Lipinski definition) is 2. The second-order valence-corrected chi connectivity index (χ2v) is 6.97. The van der Waals surface area contributed by atoms with Crippen LogP contribution in [0.25, 0.3) is 0 Å². The molecule has 112 valence electrons. The molecular formula is C17H27BrN2. The maximum atomic E-state index is 3.67. The predicted octanol–water partition coefficient (Wildman–Crippen LogP) is 4.22. The summed E-state index contributed by atoms with van der Waals surface area (Å²) in [6.45, 7) is 9.50. The highest BCUT2D eigenvalue weighted by molar-refractivity contribution is 9.10. The molecule has 0 spiro atoms. The molecule has 2 unspecified atom stereocenters. The molecule has 3 heteroatoms. The third-order valence-corrected chi connectivity index (χ3v) is 4.88. The summed E-state index contributed by atoms with van der Waals surface area (Å²) >= 11 is 3.64. The van der Waals surface area contributed by atoms with Crippen LogP contribution < -0.4 is 5.32 Å². The molecular weight excluding hydrogens is 312 g/mol. The number of benzene rings is 1. The van der Waals surface area contributed by atoms with Crippen molar-refractivity contribution in [2.24, 2.45) is 5.92 Å². The first kappa shape index (κ1) is 16.0. The molecule has 1 heterocycles. The van der Waals surface area contributed by atoms with Crippen molar-refractivity contribution in [3.05, 3.63) is 34.3 Å². The molecule has 1 aliphatic rings. The summed E-state index contributed by atoms with van der Waals surface area (Å²) in [7, 11) is 0. The number of nitrogens with zero attached hydrogens (tertiary/aromatic N) is 1. The van der Waals surface area contributed by atoms with Crippen LogP contribution >= 0.6 is 15.9 Å². The quantitative estimate of drug-likeness (QED) is 0.835. The van der Waals surface area contributed by atoms with Gasteiger partial charge in [-0.1, -0.05) is 47.5 Å². The lowest BCUT2D eigenvalue weighted by Gasteiger charge is -2.29. The van der Waals surface area contributed by atoms with Gasteiger partial charge in [0, 0.05) is 17.1 Å². The normalized spacial score (nSPS) is 19.8. The predicted molar refractivity (Wildman–Crippen MR) is 90.0 cm³/mol. The topological polar surface area (TPSA) is 15.3 Å². The van der Waals surface area contributed by atoms with Crippen molar-refractivity contribution in [2.75, 3.05) is 26.2 Å². The Morgan fingerprint density at radius 2 is 1.85 bits per heavy atom. The number of rotatable bonds is 6. The van der Waals surface area contributed by atoms with Crippen LogP contribution in [0.15, 0.2) is 28.7 Å². The maximum absolute atomic E-state index is 3.67. The van der Waals surface area contributed by atoms with Crippen LogP contribution in [0.5, 0.6) is 0 Å². The van der Waals surface area contributed by atoms with Crippen molar-refractivity contribution in [1.82, 2.24) is 10.2 Å². The van der Waals surface area contributed by atoms with Crippen molar-refractivity contribution in [3.63, 3.8) is 0 Å². The monoisotopic (exact) mass is 338 g/mol. The molecule has 2 nitrogen and oxygen atoms in total. The Labute approximate surface area is 132 Å². The molecule has 0 radical (unpaired) electrons. The van der Waals surface area contributed by atoms with Gasteiger partial charge in [-0.15, -0.1) is 0 Å². The molecule has 1 aromatic rings. The largest absolute Gasteiger partial charge is 0.310 e. The number of hydrogen-bond donors (Lipinski definition) is 1. The van der Waals surface area contributed by atoms with Gasteiger partial charge in [-0.3, -0.25) is 0 Å². The van der Waals surface area contributed by atoms with E-state index in [-0.39, 0.29) is 0 Å². The van der Waals surface area contributed by atoms with E-state index in [0.29, 0.717) is 12.0 Å². The van der Waals surface area contributed by atoms with Gasteiger partial charge in [0.25, 0.3) is 0 Å². The first-order valence-electron chi connectivity index (χ1n) is 7.87. The smallest absolute Gasteiger partial charge is 0.0303 e. The van der Waals surface area contributed by atoms with E-state index in [9.17, 15) is 0 Å². The molecule has 1 fully saturated rings. The van der Waals surface area contributed by atoms with Gasteiger partial charge >= 0.3 is 0 Å². The van der Waals surface area contributed by atoms with Gasteiger partial charge in [0.15, 0.2) is 0 Å². The first-order valence-corrected chi connectivity index (χ1v) is 8.66. The van der Waals surface area contributed by atoms with Gasteiger partial charge in [-0.2, -0.15) is 0 Å². The zero-order valence-electron chi connectivity index (χ0n) is 12.7. The molecule has 0 bridgehead atoms. The van der Waals surface area contributed by atoms with Gasteiger partial charge in [0.05, 0.1) is 0 Å². The average Bonchev–Trinajstić information content (AvgIpc) is 2.46. The van der Waals surface area contributed by atoms with Crippen molar-refractivity contribution in [2.45, 2.75) is 39.2 Å². The molecule has 0 saturated carbocycles. The molecule has 20 heavy (non-hydrogen) atoms. The van der Waals surface area contributed by atoms with Crippen LogP contribution in [0.4, 0.5) is 0 Å². The minimum Gasteiger partial charge on any atom is -0.310 e. The average molecular weight is 339 g/mol. The molecule has 0 aliphatic carbocycles. The Morgan fingerprint density at radius 3 is 2.55 bits per heavy atom. The highest BCUT2D eigenvalue weighted by atomic mass is 79.9. The molecule has 0 aromatic heterocycles. The Bertz CT molecular complexity index is 402. The number of halogens is 1. The second kappa shape index (κ2) is 8.16. The molecule has 0 amide bonds. The Morgan fingerprint density at radius 1 is 1.15 bits per heavy atom. The number of nitrogens with one attached hydrogen (secondary N) is 1. The third kappa shape index (κ3) is 4.87. The van der Waals surface area contributed by atoms with E-state index in [0.717, 1.165) is 6.54 Å². The summed E-state index contributed by atoms with van der Waals surface area (Å²) in [5.74, 6) is 0.707. The fourth-order valence-corrected chi connectivity index (χ4v) is 3.59. The van der Waals surface area contributed by atoms with E-state index in [1.165, 1.54) is 48.9 Å². The molecule has 2 atom stereocenters. The maximum Gasteiger partial charge on any atom is 0.0303 e. The van der Waals surface area contributed by atoms with Crippen LogP contribution in [-0.4, -0.2) is 31.1 Å². The zero-order chi connectivity index (χ0) is 14.4. The first-order chi connectivity index (χ1) is 9.66. The SMILES string of the molecule is CC(CNC(C)c1ccccc1Br)CN1CCCCC1. The molecule has 1 N–H and O–H groups in total. The summed E-state index contributed by atoms with van der Waals surface area (Å²) in [5.41, 5.74) is 1.35. The van der Waals surface area contributed by atoms with Crippen LogP contribution in [0, 0.1) is 5.92 Å². The van der Waals surface area contributed by atoms with Crippen molar-refractivity contribution >= 4 is 15.9 Å². The zero-order valence-corrected chi connectivity index (χ0v) is 14.3. The highest BCUT2D eigenvalue weighted by Gasteiger charge is 2.14. The molecule has 1 aliphatic heterocycles. The Balaban J connectivity index is 1.75. The van der Waals surface area contributed by atoms with Gasteiger partial charge in [-0.25, -0.2) is 0 Å². The third-order valence-electron chi connectivity index (χ3n) is 4.16. The van der Waals surface area contributed by atoms with E-state index in [2.05, 4.69) is 64.3 Å². The van der Waals surface area contributed by atoms with E-state index in [1.807, 2.05) is 0 Å². The minimum absolute atomic E-state index is 0.398. The fourth-order valence-electron chi connectivity index (χ4n) is 2.96. The fraction of sp³-hybridized carbons (Fsp3) is 0.647. The van der Waals surface area contributed by atoms with Crippen molar-refractivity contribution < 1.29 is 0 Å². The van der Waals surface area contributed by atoms with Gasteiger partial charge in [0.2, 0.25) is 0 Å². The van der Waals surface area contributed by atoms with Gasteiger partial charge in [-0.05, 0) is 56.9 Å². The Hall–Kier alpha value is -0.380. The molecule has 2 rings (SSSR count).